The minimum absolute atomic E-state index is 0.0876. The smallest absolute Gasteiger partial charge is 0.339 e. The average Bonchev–Trinajstić information content (AvgIpc) is 2.75. The third-order valence-electron chi connectivity index (χ3n) is 4.69. The molecule has 0 aliphatic carbocycles. The van der Waals surface area contributed by atoms with Crippen LogP contribution in [0.4, 0.5) is 0 Å². The maximum absolute atomic E-state index is 13.1. The summed E-state index contributed by atoms with van der Waals surface area (Å²) in [6, 6.07) is -0.779. The van der Waals surface area contributed by atoms with Crippen LogP contribution in [0.2, 0.25) is 0 Å². The fourth-order valence-corrected chi connectivity index (χ4v) is 4.25. The van der Waals surface area contributed by atoms with Gasteiger partial charge in [0.25, 0.3) is 0 Å². The van der Waals surface area contributed by atoms with Crippen LogP contribution in [0, 0.1) is 6.92 Å². The summed E-state index contributed by atoms with van der Waals surface area (Å²) >= 11 is 1.20. The monoisotopic (exact) mass is 482 g/mol. The van der Waals surface area contributed by atoms with E-state index in [1.54, 1.807) is 6.92 Å². The lowest BCUT2D eigenvalue weighted by atomic mass is 10.0. The molecule has 11 nitrogen and oxygen atoms in total. The van der Waals surface area contributed by atoms with Crippen LogP contribution in [0.15, 0.2) is 6.07 Å². The summed E-state index contributed by atoms with van der Waals surface area (Å²) in [5, 5.41) is 4.91. The lowest BCUT2D eigenvalue weighted by molar-refractivity contribution is -0.144. The molecule has 0 unspecified atom stereocenters. The van der Waals surface area contributed by atoms with Crippen molar-refractivity contribution >= 4 is 41.5 Å². The van der Waals surface area contributed by atoms with Gasteiger partial charge in [0.1, 0.15) is 30.2 Å². The van der Waals surface area contributed by atoms with Crippen molar-refractivity contribution in [3.63, 3.8) is 0 Å². The first-order valence-corrected chi connectivity index (χ1v) is 11.0. The number of hydrogen-bond acceptors (Lipinski definition) is 10. The van der Waals surface area contributed by atoms with Crippen molar-refractivity contribution in [1.82, 2.24) is 10.6 Å². The van der Waals surface area contributed by atoms with E-state index in [-0.39, 0.29) is 22.8 Å². The van der Waals surface area contributed by atoms with Gasteiger partial charge in [-0.25, -0.2) is 9.59 Å². The van der Waals surface area contributed by atoms with E-state index >= 15 is 0 Å². The van der Waals surface area contributed by atoms with Gasteiger partial charge in [-0.2, -0.15) is 11.8 Å². The number of hydrogen-bond donors (Lipinski definition) is 2. The van der Waals surface area contributed by atoms with E-state index in [4.69, 9.17) is 18.9 Å². The quantitative estimate of drug-likeness (QED) is 0.459. The van der Waals surface area contributed by atoms with Crippen LogP contribution in [0.3, 0.4) is 0 Å². The third-order valence-corrected chi connectivity index (χ3v) is 5.75. The largest absolute Gasteiger partial charge is 0.496 e. The highest BCUT2D eigenvalue weighted by atomic mass is 32.2. The number of carbonyl (C=O) groups is 5. The van der Waals surface area contributed by atoms with Gasteiger partial charge in [0, 0.05) is 42.5 Å². The predicted molar refractivity (Wildman–Crippen MR) is 117 cm³/mol. The van der Waals surface area contributed by atoms with Crippen molar-refractivity contribution in [2.24, 2.45) is 0 Å². The molecule has 2 atom stereocenters. The van der Waals surface area contributed by atoms with Gasteiger partial charge in [0.05, 0.1) is 19.8 Å². The number of cyclic esters (lactones) is 1. The number of ether oxygens (including phenoxy) is 4. The number of thioether (sulfide) groups is 1. The molecule has 2 amide bonds. The standard InChI is InChI=1S/C21H26N2O9S/c1-10-16(29-4)6-17(32-12(3)25)13-8-33-9-15(20(27)30-5)23-19(26)14(22-11(2)24)7-31-21(28)18(10)13/h6,14-15H,7-9H2,1-5H3,(H,22,24)(H,23,26)/t14-,15-/m0/s1. The second-order valence-electron chi connectivity index (χ2n) is 7.10. The van der Waals surface area contributed by atoms with Crippen LogP contribution in [-0.4, -0.2) is 68.4 Å². The van der Waals surface area contributed by atoms with Crippen LogP contribution in [-0.2, 0) is 34.4 Å². The van der Waals surface area contributed by atoms with E-state index < -0.39 is 48.4 Å². The SMILES string of the molecule is COC(=O)[C@@H]1CSCc2c(OC(C)=O)cc(OC)c(C)c2C(=O)OC[C@H](NC(C)=O)C(=O)N1. The number of esters is 3. The third kappa shape index (κ3) is 6.60. The van der Waals surface area contributed by atoms with Crippen molar-refractivity contribution in [3.8, 4) is 11.5 Å². The van der Waals surface area contributed by atoms with Gasteiger partial charge >= 0.3 is 17.9 Å². The molecular formula is C21H26N2O9S. The number of nitrogens with one attached hydrogen (secondary N) is 2. The maximum atomic E-state index is 13.1. The van der Waals surface area contributed by atoms with Crippen molar-refractivity contribution in [2.75, 3.05) is 26.6 Å². The summed E-state index contributed by atoms with van der Waals surface area (Å²) in [7, 11) is 2.59. The molecule has 180 valence electrons. The first kappa shape index (κ1) is 26.0. The Kier molecular flexibility index (Phi) is 9.09. The fraction of sp³-hybridized carbons (Fsp3) is 0.476. The van der Waals surface area contributed by atoms with Gasteiger partial charge in [-0.1, -0.05) is 0 Å². The zero-order chi connectivity index (χ0) is 24.7. The second-order valence-corrected chi connectivity index (χ2v) is 8.13. The topological polar surface area (TPSA) is 146 Å². The van der Waals surface area contributed by atoms with Crippen LogP contribution in [0.25, 0.3) is 0 Å². The Bertz CT molecular complexity index is 964. The summed E-state index contributed by atoms with van der Waals surface area (Å²) in [6.07, 6.45) is 0. The van der Waals surface area contributed by atoms with Gasteiger partial charge in [0.15, 0.2) is 0 Å². The number of amides is 2. The van der Waals surface area contributed by atoms with Crippen molar-refractivity contribution in [3.05, 3.63) is 22.8 Å². The molecule has 0 fully saturated rings. The fourth-order valence-electron chi connectivity index (χ4n) is 3.19. The van der Waals surface area contributed by atoms with Crippen LogP contribution < -0.4 is 20.1 Å². The molecule has 0 radical (unpaired) electrons. The predicted octanol–water partition coefficient (Wildman–Crippen LogP) is 0.495. The van der Waals surface area contributed by atoms with Gasteiger partial charge < -0.3 is 29.6 Å². The Morgan fingerprint density at radius 1 is 1.18 bits per heavy atom. The van der Waals surface area contributed by atoms with Crippen LogP contribution in [0.5, 0.6) is 11.5 Å². The molecule has 1 aliphatic rings. The van der Waals surface area contributed by atoms with E-state index in [1.807, 2.05) is 0 Å². The molecule has 0 spiro atoms. The zero-order valence-corrected chi connectivity index (χ0v) is 19.8. The molecule has 1 aromatic rings. The molecule has 2 rings (SSSR count). The molecule has 0 saturated heterocycles. The Labute approximate surface area is 194 Å². The molecule has 1 aliphatic heterocycles. The number of benzene rings is 1. The minimum atomic E-state index is -1.25. The van der Waals surface area contributed by atoms with Crippen LogP contribution in [0.1, 0.15) is 35.3 Å². The number of fused-ring (bicyclic) bond motifs is 1. The Morgan fingerprint density at radius 3 is 2.45 bits per heavy atom. The second kappa shape index (κ2) is 11.5. The highest BCUT2D eigenvalue weighted by Crippen LogP contribution is 2.36. The van der Waals surface area contributed by atoms with Gasteiger partial charge in [-0.15, -0.1) is 0 Å². The average molecular weight is 483 g/mol. The van der Waals surface area contributed by atoms with E-state index in [1.165, 1.54) is 45.9 Å². The summed E-state index contributed by atoms with van der Waals surface area (Å²) in [4.78, 5) is 61.2. The Hall–Kier alpha value is -3.28. The van der Waals surface area contributed by atoms with Crippen LogP contribution >= 0.6 is 11.8 Å². The Balaban J connectivity index is 2.58. The van der Waals surface area contributed by atoms with Crippen molar-refractivity contribution in [1.29, 1.82) is 0 Å². The van der Waals surface area contributed by atoms with E-state index in [0.717, 1.165) is 0 Å². The number of methoxy groups -OCH3 is 2. The molecule has 12 heteroatoms. The molecule has 0 saturated carbocycles. The Morgan fingerprint density at radius 2 is 1.88 bits per heavy atom. The zero-order valence-electron chi connectivity index (χ0n) is 18.9. The van der Waals surface area contributed by atoms with E-state index in [0.29, 0.717) is 16.9 Å². The molecule has 0 bridgehead atoms. The van der Waals surface area contributed by atoms with E-state index in [2.05, 4.69) is 10.6 Å². The lowest BCUT2D eigenvalue weighted by Gasteiger charge is -2.24. The normalized spacial score (nSPS) is 18.9. The van der Waals surface area contributed by atoms with Gasteiger partial charge in [-0.05, 0) is 6.92 Å². The molecule has 1 aromatic carbocycles. The molecule has 1 heterocycles. The minimum Gasteiger partial charge on any atom is -0.496 e. The summed E-state index contributed by atoms with van der Waals surface area (Å²) in [6.45, 7) is 3.57. The molecular weight excluding hydrogens is 456 g/mol. The molecule has 2 N–H and O–H groups in total. The maximum Gasteiger partial charge on any atom is 0.339 e. The van der Waals surface area contributed by atoms with Crippen molar-refractivity contribution in [2.45, 2.75) is 38.6 Å². The highest BCUT2D eigenvalue weighted by Gasteiger charge is 2.31. The number of rotatable bonds is 4. The van der Waals surface area contributed by atoms with Gasteiger partial charge in [0.2, 0.25) is 11.8 Å². The molecule has 0 aromatic heterocycles. The van der Waals surface area contributed by atoms with Gasteiger partial charge in [-0.3, -0.25) is 14.4 Å². The highest BCUT2D eigenvalue weighted by molar-refractivity contribution is 7.98. The van der Waals surface area contributed by atoms with Crippen molar-refractivity contribution < 1.29 is 42.9 Å². The summed E-state index contributed by atoms with van der Waals surface area (Å²) in [5.74, 6) is -2.67. The van der Waals surface area contributed by atoms with E-state index in [9.17, 15) is 24.0 Å². The first-order chi connectivity index (χ1) is 15.6. The summed E-state index contributed by atoms with van der Waals surface area (Å²) in [5.41, 5.74) is 0.913. The summed E-state index contributed by atoms with van der Waals surface area (Å²) < 4.78 is 20.7. The lowest BCUT2D eigenvalue weighted by Crippen LogP contribution is -2.54. The molecule has 33 heavy (non-hydrogen) atoms. The number of carbonyl (C=O) groups excluding carboxylic acids is 5. The first-order valence-electron chi connectivity index (χ1n) is 9.88.